The third kappa shape index (κ3) is 6.77. The molecule has 204 valence electrons. The first-order chi connectivity index (χ1) is 17.5. The van der Waals surface area contributed by atoms with Crippen molar-refractivity contribution in [3.05, 3.63) is 65.2 Å². The summed E-state index contributed by atoms with van der Waals surface area (Å²) in [5.41, 5.74) is 7.69. The number of aryl methyl sites for hydroxylation is 2. The van der Waals surface area contributed by atoms with E-state index < -0.39 is 27.7 Å². The minimum atomic E-state index is -4.22. The van der Waals surface area contributed by atoms with Crippen LogP contribution < -0.4 is 15.2 Å². The molecule has 1 saturated carbocycles. The summed E-state index contributed by atoms with van der Waals surface area (Å²) >= 11 is 0. The van der Waals surface area contributed by atoms with Gasteiger partial charge in [-0.3, -0.25) is 0 Å². The summed E-state index contributed by atoms with van der Waals surface area (Å²) in [5.74, 6) is -1.44. The molecule has 1 fully saturated rings. The number of carbonyl (C=O) groups is 1. The molecule has 0 saturated heterocycles. The molecule has 0 unspecified atom stereocenters. The second-order valence-corrected chi connectivity index (χ2v) is 11.1. The zero-order chi connectivity index (χ0) is 26.8. The smallest absolute Gasteiger partial charge is 0.335 e. The quantitative estimate of drug-likeness (QED) is 0.322. The van der Waals surface area contributed by atoms with Gasteiger partial charge >= 0.3 is 5.97 Å². The number of rotatable bonds is 10. The molecule has 12 heteroatoms. The van der Waals surface area contributed by atoms with Gasteiger partial charge in [0.15, 0.2) is 0 Å². The Bertz CT molecular complexity index is 1410. The lowest BCUT2D eigenvalue weighted by molar-refractivity contribution is 0.0405. The van der Waals surface area contributed by atoms with E-state index in [1.54, 1.807) is 6.07 Å². The number of benzene rings is 2. The van der Waals surface area contributed by atoms with E-state index in [2.05, 4.69) is 14.7 Å². The molecule has 1 aliphatic rings. The lowest BCUT2D eigenvalue weighted by Gasteiger charge is -2.35. The molecule has 4 N–H and O–H groups in total. The Hall–Kier alpha value is -3.28. The predicted molar refractivity (Wildman–Crippen MR) is 144 cm³/mol. The number of nitrogens with one attached hydrogen (secondary N) is 1. The fourth-order valence-electron chi connectivity index (χ4n) is 4.35. The summed E-state index contributed by atoms with van der Waals surface area (Å²) in [4.78, 5) is 19.7. The Morgan fingerprint density at radius 2 is 1.82 bits per heavy atom. The van der Waals surface area contributed by atoms with Crippen molar-refractivity contribution in [3.63, 3.8) is 0 Å². The number of carboxylic acid groups (broad SMARTS) is 1. The summed E-state index contributed by atoms with van der Waals surface area (Å²) in [6, 6.07) is 11.7. The van der Waals surface area contributed by atoms with Crippen molar-refractivity contribution in [1.29, 1.82) is 0 Å². The molecular formula is C26H30ClFN4O5S. The molecule has 4 rings (SSSR count). The van der Waals surface area contributed by atoms with Gasteiger partial charge in [0, 0.05) is 17.7 Å². The average molecular weight is 565 g/mol. The third-order valence-electron chi connectivity index (χ3n) is 6.38. The maximum Gasteiger partial charge on any atom is 0.335 e. The van der Waals surface area contributed by atoms with Crippen LogP contribution in [0.5, 0.6) is 5.88 Å². The molecular weight excluding hydrogens is 535 g/mol. The van der Waals surface area contributed by atoms with E-state index in [0.717, 1.165) is 29.2 Å². The van der Waals surface area contributed by atoms with E-state index in [0.29, 0.717) is 18.5 Å². The van der Waals surface area contributed by atoms with Crippen molar-refractivity contribution in [1.82, 2.24) is 9.97 Å². The molecule has 3 aromatic rings. The monoisotopic (exact) mass is 564 g/mol. The van der Waals surface area contributed by atoms with Crippen LogP contribution in [0.3, 0.4) is 0 Å². The van der Waals surface area contributed by atoms with Gasteiger partial charge in [-0.05, 0) is 68.9 Å². The van der Waals surface area contributed by atoms with Crippen LogP contribution in [0.2, 0.25) is 0 Å². The highest BCUT2D eigenvalue weighted by Crippen LogP contribution is 2.39. The highest BCUT2D eigenvalue weighted by molar-refractivity contribution is 7.92. The molecule has 0 aliphatic heterocycles. The third-order valence-corrected chi connectivity index (χ3v) is 7.71. The number of aromatic carboxylic acids is 1. The number of ether oxygens (including phenoxy) is 1. The number of nitrogens with zero attached hydrogens (tertiary/aromatic N) is 2. The van der Waals surface area contributed by atoms with Crippen LogP contribution >= 0.6 is 12.4 Å². The predicted octanol–water partition coefficient (Wildman–Crippen LogP) is 4.67. The first-order valence-electron chi connectivity index (χ1n) is 11.8. The molecule has 1 aromatic heterocycles. The number of sulfonamides is 1. The van der Waals surface area contributed by atoms with E-state index in [4.69, 9.17) is 10.5 Å². The first-order valence-corrected chi connectivity index (χ1v) is 13.3. The number of hydrogen-bond donors (Lipinski definition) is 3. The van der Waals surface area contributed by atoms with Crippen LogP contribution in [0, 0.1) is 13.8 Å². The maximum atomic E-state index is 14.5. The lowest BCUT2D eigenvalue weighted by atomic mass is 9.78. The van der Waals surface area contributed by atoms with E-state index >= 15 is 0 Å². The van der Waals surface area contributed by atoms with E-state index in [-0.39, 0.29) is 47.7 Å². The van der Waals surface area contributed by atoms with Gasteiger partial charge in [0.25, 0.3) is 10.0 Å². The van der Waals surface area contributed by atoms with Crippen LogP contribution in [0.1, 0.15) is 47.2 Å². The summed E-state index contributed by atoms with van der Waals surface area (Å²) in [6.07, 6.45) is 1.98. The van der Waals surface area contributed by atoms with Gasteiger partial charge in [-0.1, -0.05) is 24.3 Å². The normalized spacial score (nSPS) is 15.1. The second-order valence-electron chi connectivity index (χ2n) is 9.40. The van der Waals surface area contributed by atoms with Crippen molar-refractivity contribution in [2.24, 2.45) is 5.73 Å². The Morgan fingerprint density at radius 1 is 1.16 bits per heavy atom. The lowest BCUT2D eigenvalue weighted by Crippen LogP contribution is -2.41. The minimum absolute atomic E-state index is 0. The Morgan fingerprint density at radius 3 is 2.42 bits per heavy atom. The molecule has 1 heterocycles. The molecule has 1 atom stereocenters. The number of carboxylic acids is 1. The molecule has 0 amide bonds. The fraction of sp³-hybridized carbons (Fsp3) is 0.346. The number of nitrogens with two attached hydrogens (primary N) is 1. The van der Waals surface area contributed by atoms with Gasteiger partial charge in [-0.25, -0.2) is 27.3 Å². The van der Waals surface area contributed by atoms with Crippen LogP contribution in [-0.2, 0) is 10.0 Å². The second kappa shape index (κ2) is 11.6. The van der Waals surface area contributed by atoms with Gasteiger partial charge < -0.3 is 15.6 Å². The van der Waals surface area contributed by atoms with Crippen LogP contribution in [0.15, 0.2) is 53.4 Å². The Kier molecular flexibility index (Phi) is 8.96. The van der Waals surface area contributed by atoms with Gasteiger partial charge in [0.2, 0.25) is 11.8 Å². The summed E-state index contributed by atoms with van der Waals surface area (Å²) < 4.78 is 48.7. The summed E-state index contributed by atoms with van der Waals surface area (Å²) in [7, 11) is -4.22. The number of aromatic nitrogens is 2. The molecule has 1 aliphatic carbocycles. The van der Waals surface area contributed by atoms with Gasteiger partial charge in [-0.15, -0.1) is 12.4 Å². The van der Waals surface area contributed by atoms with E-state index in [1.807, 2.05) is 32.0 Å². The van der Waals surface area contributed by atoms with Crippen molar-refractivity contribution in [3.8, 4) is 17.1 Å². The number of hydrogen-bond acceptors (Lipinski definition) is 7. The van der Waals surface area contributed by atoms with Crippen molar-refractivity contribution in [2.75, 3.05) is 11.3 Å². The first kappa shape index (κ1) is 29.3. The molecule has 9 nitrogen and oxygen atoms in total. The van der Waals surface area contributed by atoms with E-state index in [1.165, 1.54) is 18.2 Å². The molecule has 0 spiro atoms. The Balaban J connectivity index is 0.00000400. The highest BCUT2D eigenvalue weighted by atomic mass is 35.5. The molecule has 38 heavy (non-hydrogen) atoms. The van der Waals surface area contributed by atoms with Crippen molar-refractivity contribution in [2.45, 2.75) is 56.1 Å². The van der Waals surface area contributed by atoms with Crippen molar-refractivity contribution >= 4 is 34.3 Å². The van der Waals surface area contributed by atoms with Crippen LogP contribution in [0.4, 0.5) is 10.3 Å². The highest BCUT2D eigenvalue weighted by Gasteiger charge is 2.38. The number of anilines is 1. The largest absolute Gasteiger partial charge is 0.478 e. The van der Waals surface area contributed by atoms with Gasteiger partial charge in [0.1, 0.15) is 12.3 Å². The molecule has 2 aromatic carbocycles. The molecule has 0 bridgehead atoms. The fourth-order valence-corrected chi connectivity index (χ4v) is 5.34. The number of alkyl halides is 1. The number of halogens is 2. The topological polar surface area (TPSA) is 144 Å². The molecule has 0 radical (unpaired) electrons. The summed E-state index contributed by atoms with van der Waals surface area (Å²) in [6.45, 7) is 3.80. The summed E-state index contributed by atoms with van der Waals surface area (Å²) in [5, 5.41) is 9.22. The maximum absolute atomic E-state index is 14.5. The van der Waals surface area contributed by atoms with Crippen molar-refractivity contribution < 1.29 is 27.4 Å². The minimum Gasteiger partial charge on any atom is -0.478 e. The Labute approximate surface area is 227 Å². The van der Waals surface area contributed by atoms with Crippen LogP contribution in [-0.4, -0.2) is 47.8 Å². The van der Waals surface area contributed by atoms with E-state index in [9.17, 15) is 22.7 Å². The van der Waals surface area contributed by atoms with Gasteiger partial charge in [-0.2, -0.15) is 4.98 Å². The van der Waals surface area contributed by atoms with Crippen LogP contribution in [0.25, 0.3) is 11.3 Å². The van der Waals surface area contributed by atoms with Gasteiger partial charge in [0.05, 0.1) is 16.2 Å². The zero-order valence-electron chi connectivity index (χ0n) is 21.0. The zero-order valence-corrected chi connectivity index (χ0v) is 22.6. The SMILES string of the molecule is Cc1cccc(C)c1-c1cc(OC[C@H](N)CC2(F)CCC2)nc(NS(=O)(=O)c2cccc(C(=O)O)c2)n1.Cl. The standard InChI is InChI=1S/C26H29FN4O5S.ClH/c1-16-6-3-7-17(2)23(16)21-13-22(36-15-19(28)14-26(27)10-5-11-26)30-25(29-21)31-37(34,35)20-9-4-8-18(12-20)24(32)33;/h3-4,6-9,12-13,19H,5,10-11,14-15,28H2,1-2H3,(H,32,33)(H,29,30,31);1H/t19-;/m1./s1. The average Bonchev–Trinajstić information content (AvgIpc) is 2.81.